The van der Waals surface area contributed by atoms with E-state index < -0.39 is 11.8 Å². The van der Waals surface area contributed by atoms with Gasteiger partial charge in [0.15, 0.2) is 29.5 Å². The molecule has 3 amide bonds. The van der Waals surface area contributed by atoms with Crippen molar-refractivity contribution in [1.82, 2.24) is 25.9 Å². The zero-order valence-electron chi connectivity index (χ0n) is 18.9. The molecular formula is C23H25N5O6. The number of benzene rings is 2. The van der Waals surface area contributed by atoms with Crippen LogP contribution in [0.5, 0.6) is 17.2 Å². The summed E-state index contributed by atoms with van der Waals surface area (Å²) in [5.41, 5.74) is 5.02. The van der Waals surface area contributed by atoms with Gasteiger partial charge in [-0.1, -0.05) is 18.2 Å². The minimum atomic E-state index is -0.802. The third-order valence-electron chi connectivity index (χ3n) is 4.45. The van der Waals surface area contributed by atoms with Crippen LogP contribution in [-0.2, 0) is 4.79 Å². The Labute approximate surface area is 195 Å². The van der Waals surface area contributed by atoms with E-state index in [0.29, 0.717) is 5.69 Å². The number of carbonyl (C=O) groups is 3. The normalized spacial score (nSPS) is 10.5. The Morgan fingerprint density at radius 1 is 1.03 bits per heavy atom. The highest BCUT2D eigenvalue weighted by atomic mass is 16.5. The first kappa shape index (κ1) is 24.1. The van der Waals surface area contributed by atoms with E-state index in [1.165, 1.54) is 36.2 Å². The lowest BCUT2D eigenvalue weighted by Crippen LogP contribution is -2.41. The van der Waals surface area contributed by atoms with Crippen LogP contribution in [0.2, 0.25) is 0 Å². The molecule has 1 heterocycles. The summed E-state index contributed by atoms with van der Waals surface area (Å²) in [4.78, 5) is 36.7. The van der Waals surface area contributed by atoms with Gasteiger partial charge in [-0.15, -0.1) is 0 Å². The molecule has 0 fully saturated rings. The summed E-state index contributed by atoms with van der Waals surface area (Å²) in [5, 5.41) is 16.8. The Balaban J connectivity index is 1.62. The van der Waals surface area contributed by atoms with Gasteiger partial charge in [-0.25, -0.2) is 4.68 Å². The molecule has 0 atom stereocenters. The van der Waals surface area contributed by atoms with Gasteiger partial charge in [0, 0.05) is 11.6 Å². The summed E-state index contributed by atoms with van der Waals surface area (Å²) < 4.78 is 12.0. The zero-order valence-corrected chi connectivity index (χ0v) is 18.9. The summed E-state index contributed by atoms with van der Waals surface area (Å²) in [7, 11) is 1.39. The largest absolute Gasteiger partial charge is 0.504 e. The fraction of sp³-hybridized carbons (Fsp3) is 0.217. The number of nitrogens with zero attached hydrogens (tertiary/aromatic N) is 2. The van der Waals surface area contributed by atoms with E-state index in [1.807, 2.05) is 19.9 Å². The summed E-state index contributed by atoms with van der Waals surface area (Å²) in [6.07, 6.45) is 1.29. The van der Waals surface area contributed by atoms with Gasteiger partial charge in [-0.2, -0.15) is 5.10 Å². The molecule has 3 aromatic rings. The van der Waals surface area contributed by atoms with Gasteiger partial charge in [0.2, 0.25) is 0 Å². The highest BCUT2D eigenvalue weighted by molar-refractivity contribution is 5.99. The number of amides is 3. The molecular weight excluding hydrogens is 442 g/mol. The number of carbonyl (C=O) groups excluding carboxylic acids is 3. The molecule has 0 saturated heterocycles. The van der Waals surface area contributed by atoms with Crippen molar-refractivity contribution in [2.24, 2.45) is 0 Å². The summed E-state index contributed by atoms with van der Waals surface area (Å²) in [6, 6.07) is 13.2. The van der Waals surface area contributed by atoms with Crippen LogP contribution in [-0.4, -0.2) is 52.4 Å². The molecule has 11 heteroatoms. The number of methoxy groups -OCH3 is 1. The molecule has 0 bridgehead atoms. The van der Waals surface area contributed by atoms with Crippen LogP contribution >= 0.6 is 0 Å². The van der Waals surface area contributed by atoms with E-state index in [-0.39, 0.29) is 47.1 Å². The van der Waals surface area contributed by atoms with Crippen LogP contribution in [0.15, 0.2) is 54.7 Å². The van der Waals surface area contributed by atoms with Crippen molar-refractivity contribution in [2.45, 2.75) is 19.9 Å². The lowest BCUT2D eigenvalue weighted by atomic mass is 10.2. The monoisotopic (exact) mass is 467 g/mol. The van der Waals surface area contributed by atoms with Gasteiger partial charge < -0.3 is 19.9 Å². The molecule has 0 spiro atoms. The number of hydrogen-bond acceptors (Lipinski definition) is 7. The summed E-state index contributed by atoms with van der Waals surface area (Å²) >= 11 is 0. The van der Waals surface area contributed by atoms with E-state index in [9.17, 15) is 19.5 Å². The van der Waals surface area contributed by atoms with Crippen LogP contribution in [0, 0.1) is 0 Å². The first-order valence-electron chi connectivity index (χ1n) is 10.3. The number of nitrogens with one attached hydrogen (secondary N) is 3. The Kier molecular flexibility index (Phi) is 7.70. The lowest BCUT2D eigenvalue weighted by Gasteiger charge is -2.13. The third-order valence-corrected chi connectivity index (χ3v) is 4.45. The molecule has 0 saturated carbocycles. The Morgan fingerprint density at radius 3 is 2.41 bits per heavy atom. The van der Waals surface area contributed by atoms with Crippen molar-refractivity contribution in [3.05, 3.63) is 66.0 Å². The van der Waals surface area contributed by atoms with Gasteiger partial charge in [-0.3, -0.25) is 25.2 Å². The fourth-order valence-corrected chi connectivity index (χ4v) is 2.92. The van der Waals surface area contributed by atoms with Crippen molar-refractivity contribution in [2.75, 3.05) is 13.7 Å². The lowest BCUT2D eigenvalue weighted by molar-refractivity contribution is -0.123. The smallest absolute Gasteiger partial charge is 0.294 e. The highest BCUT2D eigenvalue weighted by Gasteiger charge is 2.19. The second-order valence-electron chi connectivity index (χ2n) is 7.43. The Hall–Kier alpha value is -4.54. The van der Waals surface area contributed by atoms with Crippen LogP contribution in [0.25, 0.3) is 5.69 Å². The molecule has 178 valence electrons. The van der Waals surface area contributed by atoms with Gasteiger partial charge in [-0.05, 0) is 44.2 Å². The number of ether oxygens (including phenoxy) is 2. The minimum absolute atomic E-state index is 0.0201. The van der Waals surface area contributed by atoms with Gasteiger partial charge in [0.25, 0.3) is 17.7 Å². The molecule has 0 radical (unpaired) electrons. The van der Waals surface area contributed by atoms with E-state index in [4.69, 9.17) is 9.47 Å². The first-order valence-corrected chi connectivity index (χ1v) is 10.3. The third kappa shape index (κ3) is 6.03. The van der Waals surface area contributed by atoms with Crippen LogP contribution < -0.4 is 25.6 Å². The van der Waals surface area contributed by atoms with Crippen molar-refractivity contribution in [3.63, 3.8) is 0 Å². The Morgan fingerprint density at radius 2 is 1.74 bits per heavy atom. The molecule has 2 aromatic carbocycles. The second kappa shape index (κ2) is 10.9. The van der Waals surface area contributed by atoms with Crippen molar-refractivity contribution in [1.29, 1.82) is 0 Å². The number of aromatic hydroxyl groups is 1. The molecule has 11 nitrogen and oxygen atoms in total. The molecule has 34 heavy (non-hydrogen) atoms. The molecule has 0 aliphatic carbocycles. The van der Waals surface area contributed by atoms with Gasteiger partial charge >= 0.3 is 0 Å². The standard InChI is InChI=1S/C23H25N5O6/c1-14(2)24-20(30)13-34-18-10-9-15(11-19(18)33-3)22(31)25-26-23(32)21-17(29)12-28(27-21)16-7-5-4-6-8-16/h4-12,14,29H,13H2,1-3H3,(H,24,30)(H,25,31)(H,26,32). The van der Waals surface area contributed by atoms with Crippen molar-refractivity contribution >= 4 is 17.7 Å². The molecule has 3 rings (SSSR count). The predicted molar refractivity (Wildman–Crippen MR) is 122 cm³/mol. The number of hydrogen-bond donors (Lipinski definition) is 4. The molecule has 0 aliphatic rings. The minimum Gasteiger partial charge on any atom is -0.504 e. The number of aromatic nitrogens is 2. The maximum Gasteiger partial charge on any atom is 0.294 e. The molecule has 0 unspecified atom stereocenters. The van der Waals surface area contributed by atoms with Crippen molar-refractivity contribution in [3.8, 4) is 22.9 Å². The van der Waals surface area contributed by atoms with Gasteiger partial charge in [0.05, 0.1) is 19.0 Å². The Bertz CT molecular complexity index is 1180. The predicted octanol–water partition coefficient (Wildman–Crippen LogP) is 1.56. The molecule has 0 aliphatic heterocycles. The average molecular weight is 467 g/mol. The fourth-order valence-electron chi connectivity index (χ4n) is 2.92. The SMILES string of the molecule is COc1cc(C(=O)NNC(=O)c2nn(-c3ccccc3)cc2O)ccc1OCC(=O)NC(C)C. The van der Waals surface area contributed by atoms with E-state index in [2.05, 4.69) is 21.3 Å². The maximum absolute atomic E-state index is 12.5. The average Bonchev–Trinajstić information content (AvgIpc) is 3.22. The first-order chi connectivity index (χ1) is 16.3. The second-order valence-corrected chi connectivity index (χ2v) is 7.43. The molecule has 1 aromatic heterocycles. The maximum atomic E-state index is 12.5. The molecule has 4 N–H and O–H groups in total. The van der Waals surface area contributed by atoms with E-state index in [0.717, 1.165) is 0 Å². The number of rotatable bonds is 8. The highest BCUT2D eigenvalue weighted by Crippen LogP contribution is 2.28. The van der Waals surface area contributed by atoms with Crippen LogP contribution in [0.1, 0.15) is 34.7 Å². The quantitative estimate of drug-likeness (QED) is 0.368. The van der Waals surface area contributed by atoms with Crippen LogP contribution in [0.4, 0.5) is 0 Å². The number of para-hydroxylation sites is 1. The summed E-state index contributed by atoms with van der Waals surface area (Å²) in [5.74, 6) is -1.57. The van der Waals surface area contributed by atoms with E-state index >= 15 is 0 Å². The zero-order chi connectivity index (χ0) is 24.7. The number of hydrazine groups is 1. The topological polar surface area (TPSA) is 144 Å². The van der Waals surface area contributed by atoms with E-state index in [1.54, 1.807) is 24.3 Å². The van der Waals surface area contributed by atoms with Gasteiger partial charge in [0.1, 0.15) is 0 Å². The van der Waals surface area contributed by atoms with Crippen LogP contribution in [0.3, 0.4) is 0 Å². The van der Waals surface area contributed by atoms with Crippen molar-refractivity contribution < 1.29 is 29.0 Å². The summed E-state index contributed by atoms with van der Waals surface area (Å²) in [6.45, 7) is 3.46.